The lowest BCUT2D eigenvalue weighted by atomic mass is 10.0. The zero-order valence-electron chi connectivity index (χ0n) is 15.3. The lowest BCUT2D eigenvalue weighted by Gasteiger charge is -2.38. The van der Waals surface area contributed by atoms with Crippen molar-refractivity contribution in [1.29, 1.82) is 0 Å². The maximum Gasteiger partial charge on any atom is 0.258 e. The lowest BCUT2D eigenvalue weighted by Crippen LogP contribution is -2.51. The van der Waals surface area contributed by atoms with Gasteiger partial charge in [0.2, 0.25) is 5.91 Å². The standard InChI is InChI=1S/C20H21BrClN3O2/c1-20(2,3)24-17(26)11-25-18(12-5-4-6-14(22)9-12)23-16-8-7-13(21)10-15(16)19(25)27/h4-10,18,23H,11H2,1-3H3,(H,24,26). The first-order valence-electron chi connectivity index (χ1n) is 8.57. The summed E-state index contributed by atoms with van der Waals surface area (Å²) in [5.74, 6) is -0.429. The molecule has 0 saturated carbocycles. The van der Waals surface area contributed by atoms with E-state index in [0.29, 0.717) is 10.6 Å². The molecule has 0 aromatic heterocycles. The zero-order chi connectivity index (χ0) is 19.8. The van der Waals surface area contributed by atoms with Crippen molar-refractivity contribution < 1.29 is 9.59 Å². The van der Waals surface area contributed by atoms with Crippen LogP contribution in [0.2, 0.25) is 5.02 Å². The molecule has 1 heterocycles. The van der Waals surface area contributed by atoms with Crippen molar-refractivity contribution in [3.05, 3.63) is 63.1 Å². The van der Waals surface area contributed by atoms with Crippen LogP contribution in [0.5, 0.6) is 0 Å². The molecule has 0 saturated heterocycles. The number of rotatable bonds is 3. The van der Waals surface area contributed by atoms with Crippen LogP contribution in [0.15, 0.2) is 46.9 Å². The third-order valence-electron chi connectivity index (χ3n) is 4.07. The summed E-state index contributed by atoms with van der Waals surface area (Å²) in [5, 5.41) is 6.84. The molecule has 3 rings (SSSR count). The lowest BCUT2D eigenvalue weighted by molar-refractivity contribution is -0.123. The fourth-order valence-electron chi connectivity index (χ4n) is 3.03. The Morgan fingerprint density at radius 2 is 2.00 bits per heavy atom. The van der Waals surface area contributed by atoms with Gasteiger partial charge < -0.3 is 15.5 Å². The van der Waals surface area contributed by atoms with Crippen LogP contribution in [-0.4, -0.2) is 28.8 Å². The first kappa shape index (κ1) is 19.7. The summed E-state index contributed by atoms with van der Waals surface area (Å²) in [6.45, 7) is 5.65. The van der Waals surface area contributed by atoms with Crippen LogP contribution in [0.3, 0.4) is 0 Å². The first-order chi connectivity index (χ1) is 12.6. The van der Waals surface area contributed by atoms with E-state index in [1.165, 1.54) is 4.90 Å². The summed E-state index contributed by atoms with van der Waals surface area (Å²) in [5.41, 5.74) is 1.68. The first-order valence-corrected chi connectivity index (χ1v) is 9.75. The average Bonchev–Trinajstić information content (AvgIpc) is 2.56. The summed E-state index contributed by atoms with van der Waals surface area (Å²) >= 11 is 9.55. The van der Waals surface area contributed by atoms with Crippen molar-refractivity contribution in [1.82, 2.24) is 10.2 Å². The van der Waals surface area contributed by atoms with E-state index in [1.54, 1.807) is 18.2 Å². The molecule has 5 nitrogen and oxygen atoms in total. The van der Waals surface area contributed by atoms with Gasteiger partial charge >= 0.3 is 0 Å². The highest BCUT2D eigenvalue weighted by Gasteiger charge is 2.35. The van der Waals surface area contributed by atoms with Crippen molar-refractivity contribution in [2.75, 3.05) is 11.9 Å². The number of halogens is 2. The number of fused-ring (bicyclic) bond motifs is 1. The summed E-state index contributed by atoms with van der Waals surface area (Å²) in [7, 11) is 0. The number of benzene rings is 2. The van der Waals surface area contributed by atoms with E-state index < -0.39 is 6.17 Å². The fraction of sp³-hybridized carbons (Fsp3) is 0.300. The van der Waals surface area contributed by atoms with Crippen molar-refractivity contribution in [3.8, 4) is 0 Å². The number of hydrogen-bond donors (Lipinski definition) is 2. The van der Waals surface area contributed by atoms with E-state index in [-0.39, 0.29) is 23.9 Å². The molecular weight excluding hydrogens is 430 g/mol. The van der Waals surface area contributed by atoms with E-state index in [9.17, 15) is 9.59 Å². The van der Waals surface area contributed by atoms with Crippen LogP contribution in [0.4, 0.5) is 5.69 Å². The molecule has 0 aliphatic carbocycles. The zero-order valence-corrected chi connectivity index (χ0v) is 17.7. The fourth-order valence-corrected chi connectivity index (χ4v) is 3.59. The van der Waals surface area contributed by atoms with Gasteiger partial charge in [-0.15, -0.1) is 0 Å². The molecule has 142 valence electrons. The van der Waals surface area contributed by atoms with Crippen molar-refractivity contribution in [2.24, 2.45) is 0 Å². The third-order valence-corrected chi connectivity index (χ3v) is 4.80. The molecule has 0 bridgehead atoms. The van der Waals surface area contributed by atoms with Gasteiger partial charge in [-0.3, -0.25) is 9.59 Å². The molecule has 2 aromatic rings. The number of nitrogens with zero attached hydrogens (tertiary/aromatic N) is 1. The smallest absolute Gasteiger partial charge is 0.258 e. The summed E-state index contributed by atoms with van der Waals surface area (Å²) in [6, 6.07) is 12.8. The maximum atomic E-state index is 13.2. The van der Waals surface area contributed by atoms with Crippen LogP contribution in [0.1, 0.15) is 42.9 Å². The largest absolute Gasteiger partial charge is 0.361 e. The quantitative estimate of drug-likeness (QED) is 0.719. The highest BCUT2D eigenvalue weighted by Crippen LogP contribution is 2.35. The molecule has 1 aliphatic heterocycles. The minimum absolute atomic E-state index is 0.0633. The Morgan fingerprint density at radius 1 is 1.26 bits per heavy atom. The number of nitrogens with one attached hydrogen (secondary N) is 2. The molecule has 1 atom stereocenters. The van der Waals surface area contributed by atoms with Crippen molar-refractivity contribution in [3.63, 3.8) is 0 Å². The monoisotopic (exact) mass is 449 g/mol. The minimum atomic E-state index is -0.490. The minimum Gasteiger partial charge on any atom is -0.361 e. The predicted molar refractivity (Wildman–Crippen MR) is 111 cm³/mol. The Bertz CT molecular complexity index is 895. The summed E-state index contributed by atoms with van der Waals surface area (Å²) in [4.78, 5) is 27.2. The van der Waals surface area contributed by atoms with Gasteiger partial charge in [-0.25, -0.2) is 0 Å². The highest BCUT2D eigenvalue weighted by atomic mass is 79.9. The molecular formula is C20H21BrClN3O2. The number of anilines is 1. The number of carbonyl (C=O) groups is 2. The molecule has 1 unspecified atom stereocenters. The second-order valence-corrected chi connectivity index (χ2v) is 8.88. The van der Waals surface area contributed by atoms with E-state index in [1.807, 2.05) is 45.0 Å². The highest BCUT2D eigenvalue weighted by molar-refractivity contribution is 9.10. The molecule has 0 fully saturated rings. The van der Waals surface area contributed by atoms with E-state index in [2.05, 4.69) is 26.6 Å². The molecule has 1 aliphatic rings. The Labute approximate surface area is 172 Å². The maximum absolute atomic E-state index is 13.2. The second kappa shape index (κ2) is 7.52. The van der Waals surface area contributed by atoms with E-state index >= 15 is 0 Å². The number of hydrogen-bond acceptors (Lipinski definition) is 3. The van der Waals surface area contributed by atoms with Crippen LogP contribution in [0, 0.1) is 0 Å². The number of carbonyl (C=O) groups excluding carboxylic acids is 2. The van der Waals surface area contributed by atoms with Crippen LogP contribution in [0.25, 0.3) is 0 Å². The van der Waals surface area contributed by atoms with Crippen molar-refractivity contribution >= 4 is 45.0 Å². The Morgan fingerprint density at radius 3 is 2.67 bits per heavy atom. The molecule has 2 N–H and O–H groups in total. The molecule has 7 heteroatoms. The summed E-state index contributed by atoms with van der Waals surface area (Å²) < 4.78 is 0.802. The van der Waals surface area contributed by atoms with Gasteiger partial charge in [0.05, 0.1) is 5.56 Å². The normalized spacial score (nSPS) is 16.6. The molecule has 0 spiro atoms. The SMILES string of the molecule is CC(C)(C)NC(=O)CN1C(=O)c2cc(Br)ccc2NC1c1cccc(Cl)c1. The molecule has 0 radical (unpaired) electrons. The predicted octanol–water partition coefficient (Wildman–Crippen LogP) is 4.58. The second-order valence-electron chi connectivity index (χ2n) is 7.52. The van der Waals surface area contributed by atoms with Gasteiger partial charge in [0.1, 0.15) is 12.7 Å². The summed E-state index contributed by atoms with van der Waals surface area (Å²) in [6.07, 6.45) is -0.490. The molecule has 2 amide bonds. The Hall–Kier alpha value is -2.05. The molecule has 27 heavy (non-hydrogen) atoms. The molecule has 2 aromatic carbocycles. The Balaban J connectivity index is 1.99. The van der Waals surface area contributed by atoms with Crippen LogP contribution >= 0.6 is 27.5 Å². The third kappa shape index (κ3) is 4.62. The van der Waals surface area contributed by atoms with Gasteiger partial charge in [-0.05, 0) is 56.7 Å². The Kier molecular flexibility index (Phi) is 5.49. The van der Waals surface area contributed by atoms with E-state index in [4.69, 9.17) is 11.6 Å². The topological polar surface area (TPSA) is 61.4 Å². The number of amides is 2. The van der Waals surface area contributed by atoms with Crippen molar-refractivity contribution in [2.45, 2.75) is 32.5 Å². The van der Waals surface area contributed by atoms with Crippen LogP contribution in [-0.2, 0) is 4.79 Å². The average molecular weight is 451 g/mol. The van der Waals surface area contributed by atoms with Gasteiger partial charge in [0, 0.05) is 20.7 Å². The van der Waals surface area contributed by atoms with Gasteiger partial charge in [-0.1, -0.05) is 39.7 Å². The van der Waals surface area contributed by atoms with Gasteiger partial charge in [-0.2, -0.15) is 0 Å². The van der Waals surface area contributed by atoms with E-state index in [0.717, 1.165) is 15.7 Å². The van der Waals surface area contributed by atoms with Crippen LogP contribution < -0.4 is 10.6 Å². The van der Waals surface area contributed by atoms with Gasteiger partial charge in [0.15, 0.2) is 0 Å². The van der Waals surface area contributed by atoms with Gasteiger partial charge in [0.25, 0.3) is 5.91 Å².